The van der Waals surface area contributed by atoms with Crippen LogP contribution < -0.4 is 14.4 Å². The number of nitrogens with zero attached hydrogens (tertiary/aromatic N) is 2. The van der Waals surface area contributed by atoms with Crippen molar-refractivity contribution < 1.29 is 22.7 Å². The normalized spacial score (nSPS) is 12.9. The van der Waals surface area contributed by atoms with Gasteiger partial charge in [-0.1, -0.05) is 50.2 Å². The molecule has 0 saturated carbocycles. The summed E-state index contributed by atoms with van der Waals surface area (Å²) in [5.41, 5.74) is 2.13. The van der Waals surface area contributed by atoms with Crippen molar-refractivity contribution in [2.45, 2.75) is 59.0 Å². The summed E-state index contributed by atoms with van der Waals surface area (Å²) >= 11 is 0. The second-order valence-corrected chi connectivity index (χ2v) is 10.9. The quantitative estimate of drug-likeness (QED) is 0.439. The van der Waals surface area contributed by atoms with E-state index in [2.05, 4.69) is 5.32 Å². The van der Waals surface area contributed by atoms with E-state index < -0.39 is 28.5 Å². The molecule has 0 unspecified atom stereocenters. The van der Waals surface area contributed by atoms with Crippen LogP contribution in [0.4, 0.5) is 5.69 Å². The minimum absolute atomic E-state index is 0.0401. The Balaban J connectivity index is 2.43. The van der Waals surface area contributed by atoms with E-state index in [1.54, 1.807) is 12.1 Å². The molecule has 2 amide bonds. The summed E-state index contributed by atoms with van der Waals surface area (Å²) in [6.07, 6.45) is 2.75. The Morgan fingerprint density at radius 2 is 1.72 bits per heavy atom. The van der Waals surface area contributed by atoms with Gasteiger partial charge in [-0.05, 0) is 56.4 Å². The van der Waals surface area contributed by atoms with Crippen molar-refractivity contribution in [3.63, 3.8) is 0 Å². The maximum Gasteiger partial charge on any atom is 0.244 e. The molecule has 2 aromatic carbocycles. The van der Waals surface area contributed by atoms with Crippen LogP contribution in [0.2, 0.25) is 0 Å². The van der Waals surface area contributed by atoms with Crippen molar-refractivity contribution in [2.24, 2.45) is 0 Å². The number of rotatable bonds is 13. The van der Waals surface area contributed by atoms with Gasteiger partial charge in [-0.25, -0.2) is 8.42 Å². The second kappa shape index (κ2) is 13.3. The van der Waals surface area contributed by atoms with Crippen LogP contribution in [0.15, 0.2) is 48.5 Å². The van der Waals surface area contributed by atoms with E-state index in [9.17, 15) is 18.0 Å². The van der Waals surface area contributed by atoms with E-state index in [4.69, 9.17) is 4.74 Å². The fraction of sp³-hybridized carbons (Fsp3) is 0.481. The average Bonchev–Trinajstić information content (AvgIpc) is 2.84. The first-order chi connectivity index (χ1) is 17.0. The number of nitrogens with one attached hydrogen (secondary N) is 1. The van der Waals surface area contributed by atoms with E-state index in [1.165, 1.54) is 12.0 Å². The third-order valence-electron chi connectivity index (χ3n) is 6.15. The van der Waals surface area contributed by atoms with Gasteiger partial charge in [-0.15, -0.1) is 0 Å². The summed E-state index contributed by atoms with van der Waals surface area (Å²) in [7, 11) is -2.38. The topological polar surface area (TPSA) is 96.0 Å². The maximum atomic E-state index is 13.7. The largest absolute Gasteiger partial charge is 0.495 e. The van der Waals surface area contributed by atoms with Gasteiger partial charge in [0.05, 0.1) is 19.1 Å². The van der Waals surface area contributed by atoms with Crippen molar-refractivity contribution >= 4 is 27.5 Å². The molecule has 0 saturated heterocycles. The lowest BCUT2D eigenvalue weighted by atomic mass is 10.1. The smallest absolute Gasteiger partial charge is 0.244 e. The fourth-order valence-corrected chi connectivity index (χ4v) is 4.77. The Hall–Kier alpha value is -3.07. The monoisotopic (exact) mass is 517 g/mol. The number of amides is 2. The summed E-state index contributed by atoms with van der Waals surface area (Å²) in [5.74, 6) is -0.352. The molecular weight excluding hydrogens is 478 g/mol. The van der Waals surface area contributed by atoms with Gasteiger partial charge in [0, 0.05) is 12.6 Å². The molecule has 0 aromatic heterocycles. The molecule has 0 fully saturated rings. The van der Waals surface area contributed by atoms with E-state index in [0.717, 1.165) is 28.1 Å². The highest BCUT2D eigenvalue weighted by Crippen LogP contribution is 2.31. The predicted molar refractivity (Wildman–Crippen MR) is 144 cm³/mol. The number of sulfonamides is 1. The van der Waals surface area contributed by atoms with Crippen LogP contribution in [0.1, 0.15) is 44.7 Å². The molecule has 0 spiro atoms. The van der Waals surface area contributed by atoms with E-state index in [0.29, 0.717) is 18.6 Å². The van der Waals surface area contributed by atoms with Gasteiger partial charge >= 0.3 is 0 Å². The van der Waals surface area contributed by atoms with Crippen LogP contribution >= 0.6 is 0 Å². The Bertz CT molecular complexity index is 1120. The number of hydrogen-bond acceptors (Lipinski definition) is 5. The zero-order valence-corrected chi connectivity index (χ0v) is 23.0. The first-order valence-corrected chi connectivity index (χ1v) is 14.1. The van der Waals surface area contributed by atoms with Gasteiger partial charge in [0.15, 0.2) is 0 Å². The molecule has 0 bridgehead atoms. The van der Waals surface area contributed by atoms with Crippen molar-refractivity contribution in [3.8, 4) is 5.75 Å². The molecule has 0 aliphatic carbocycles. The Labute approximate surface area is 215 Å². The van der Waals surface area contributed by atoms with Crippen LogP contribution in [0.25, 0.3) is 0 Å². The average molecular weight is 518 g/mol. The molecule has 8 nitrogen and oxygen atoms in total. The van der Waals surface area contributed by atoms with E-state index >= 15 is 0 Å². The van der Waals surface area contributed by atoms with Gasteiger partial charge < -0.3 is 15.0 Å². The molecule has 0 heterocycles. The highest BCUT2D eigenvalue weighted by molar-refractivity contribution is 7.92. The lowest BCUT2D eigenvalue weighted by molar-refractivity contribution is -0.139. The molecule has 0 aliphatic rings. The third kappa shape index (κ3) is 7.98. The van der Waals surface area contributed by atoms with Crippen molar-refractivity contribution in [3.05, 3.63) is 59.7 Å². The molecule has 0 radical (unpaired) electrons. The molecule has 9 heteroatoms. The SMILES string of the molecule is CC[C@H](C)NC(=O)[C@H](CC)N(CCc1ccccc1)C(=O)CN(c1cc(C)ccc1OC)S(C)(=O)=O. The number of hydrogen-bond donors (Lipinski definition) is 1. The lowest BCUT2D eigenvalue weighted by Gasteiger charge is -2.33. The number of aryl methyl sites for hydroxylation is 1. The van der Waals surface area contributed by atoms with Gasteiger partial charge in [0.2, 0.25) is 21.8 Å². The third-order valence-corrected chi connectivity index (χ3v) is 7.28. The fourth-order valence-electron chi connectivity index (χ4n) is 3.93. The van der Waals surface area contributed by atoms with E-state index in [1.807, 2.05) is 64.1 Å². The summed E-state index contributed by atoms with van der Waals surface area (Å²) in [4.78, 5) is 28.4. The first kappa shape index (κ1) is 29.2. The molecule has 36 heavy (non-hydrogen) atoms. The maximum absolute atomic E-state index is 13.7. The zero-order valence-electron chi connectivity index (χ0n) is 22.2. The second-order valence-electron chi connectivity index (χ2n) is 9.01. The van der Waals surface area contributed by atoms with Gasteiger partial charge in [0.25, 0.3) is 0 Å². The Morgan fingerprint density at radius 1 is 1.06 bits per heavy atom. The number of ether oxygens (including phenoxy) is 1. The molecule has 2 atom stereocenters. The number of methoxy groups -OCH3 is 1. The molecule has 2 aromatic rings. The molecule has 2 rings (SSSR count). The zero-order chi connectivity index (χ0) is 26.9. The van der Waals surface area contributed by atoms with Crippen molar-refractivity contribution in [1.29, 1.82) is 0 Å². The number of carbonyl (C=O) groups is 2. The minimum atomic E-state index is -3.83. The lowest BCUT2D eigenvalue weighted by Crippen LogP contribution is -2.54. The molecule has 1 N–H and O–H groups in total. The Morgan fingerprint density at radius 3 is 2.28 bits per heavy atom. The Kier molecular flexibility index (Phi) is 10.8. The summed E-state index contributed by atoms with van der Waals surface area (Å²) < 4.78 is 32.1. The van der Waals surface area contributed by atoms with Gasteiger partial charge in [0.1, 0.15) is 18.3 Å². The number of anilines is 1. The van der Waals surface area contributed by atoms with Crippen molar-refractivity contribution in [1.82, 2.24) is 10.2 Å². The van der Waals surface area contributed by atoms with Crippen LogP contribution in [0, 0.1) is 6.92 Å². The number of benzene rings is 2. The van der Waals surface area contributed by atoms with Gasteiger partial charge in [-0.2, -0.15) is 0 Å². The number of carbonyl (C=O) groups excluding carboxylic acids is 2. The molecule has 198 valence electrons. The predicted octanol–water partition coefficient (Wildman–Crippen LogP) is 3.53. The van der Waals surface area contributed by atoms with Crippen LogP contribution in [0.5, 0.6) is 5.75 Å². The molecular formula is C27H39N3O5S. The van der Waals surface area contributed by atoms with Crippen LogP contribution in [-0.4, -0.2) is 63.7 Å². The minimum Gasteiger partial charge on any atom is -0.495 e. The molecule has 0 aliphatic heterocycles. The first-order valence-electron chi connectivity index (χ1n) is 12.3. The van der Waals surface area contributed by atoms with Crippen LogP contribution in [-0.2, 0) is 26.0 Å². The summed E-state index contributed by atoms with van der Waals surface area (Å²) in [5, 5.41) is 2.97. The van der Waals surface area contributed by atoms with Crippen molar-refractivity contribution in [2.75, 3.05) is 30.8 Å². The van der Waals surface area contributed by atoms with Crippen LogP contribution in [0.3, 0.4) is 0 Å². The van der Waals surface area contributed by atoms with Gasteiger partial charge in [-0.3, -0.25) is 13.9 Å². The highest BCUT2D eigenvalue weighted by Gasteiger charge is 2.32. The highest BCUT2D eigenvalue weighted by atomic mass is 32.2. The summed E-state index contributed by atoms with van der Waals surface area (Å²) in [6.45, 7) is 7.41. The standard InChI is InChI=1S/C27H39N3O5S/c1-7-21(4)28-27(32)23(8-2)29(17-16-22-12-10-9-11-13-22)26(31)19-30(36(6,33)34)24-18-20(3)14-15-25(24)35-5/h9-15,18,21,23H,7-8,16-17,19H2,1-6H3,(H,28,32)/t21-,23-/m0/s1. The summed E-state index contributed by atoms with van der Waals surface area (Å²) in [6, 6.07) is 14.1. The van der Waals surface area contributed by atoms with E-state index in [-0.39, 0.29) is 24.2 Å².